The molecule has 2 rings (SSSR count). The van der Waals surface area contributed by atoms with Gasteiger partial charge in [-0.05, 0) is 36.2 Å². The number of aromatic nitrogens is 1. The fraction of sp³-hybridized carbons (Fsp3) is 0.267. The van der Waals surface area contributed by atoms with E-state index < -0.39 is 11.7 Å². The van der Waals surface area contributed by atoms with Crippen molar-refractivity contribution in [3.8, 4) is 0 Å². The molecular formula is C15H16F3N3. The second-order valence-electron chi connectivity index (χ2n) is 4.64. The Morgan fingerprint density at radius 3 is 2.33 bits per heavy atom. The van der Waals surface area contributed by atoms with Crippen molar-refractivity contribution in [2.75, 3.05) is 11.9 Å². The molecule has 0 aliphatic carbocycles. The van der Waals surface area contributed by atoms with E-state index in [1.54, 1.807) is 0 Å². The zero-order valence-corrected chi connectivity index (χ0v) is 11.3. The number of alkyl halides is 3. The van der Waals surface area contributed by atoms with Crippen LogP contribution >= 0.6 is 0 Å². The number of nitrogens with two attached hydrogens (primary N) is 1. The van der Waals surface area contributed by atoms with Crippen molar-refractivity contribution in [3.05, 3.63) is 59.3 Å². The first-order valence-corrected chi connectivity index (χ1v) is 6.54. The first-order valence-electron chi connectivity index (χ1n) is 6.54. The molecule has 0 spiro atoms. The number of pyridine rings is 1. The molecule has 0 unspecified atom stereocenters. The molecule has 0 amide bonds. The molecule has 1 aromatic carbocycles. The molecule has 0 aliphatic rings. The summed E-state index contributed by atoms with van der Waals surface area (Å²) >= 11 is 0. The van der Waals surface area contributed by atoms with E-state index in [0.29, 0.717) is 13.1 Å². The van der Waals surface area contributed by atoms with Crippen LogP contribution in [0.15, 0.2) is 42.6 Å². The largest absolute Gasteiger partial charge is 0.416 e. The highest BCUT2D eigenvalue weighted by Gasteiger charge is 2.30. The maximum atomic E-state index is 12.6. The van der Waals surface area contributed by atoms with E-state index in [1.165, 1.54) is 0 Å². The van der Waals surface area contributed by atoms with Crippen molar-refractivity contribution >= 4 is 5.82 Å². The highest BCUT2D eigenvalue weighted by atomic mass is 19.4. The smallest absolute Gasteiger partial charge is 0.366 e. The molecule has 0 bridgehead atoms. The summed E-state index contributed by atoms with van der Waals surface area (Å²) in [4.78, 5) is 3.89. The van der Waals surface area contributed by atoms with Gasteiger partial charge in [-0.15, -0.1) is 0 Å². The summed E-state index contributed by atoms with van der Waals surface area (Å²) < 4.78 is 37.7. The van der Waals surface area contributed by atoms with Crippen molar-refractivity contribution in [1.29, 1.82) is 0 Å². The van der Waals surface area contributed by atoms with Crippen LogP contribution in [0.2, 0.25) is 0 Å². The summed E-state index contributed by atoms with van der Waals surface area (Å²) in [7, 11) is 0. The standard InChI is InChI=1S/C15H16F3N3/c16-15(17,18)13-6-8-20-14(9-13)21-10-12-3-1-11(2-4-12)5-7-19/h1-4,6,8-9H,5,7,10,19H2,(H,20,21). The summed E-state index contributed by atoms with van der Waals surface area (Å²) in [5, 5.41) is 2.89. The van der Waals surface area contributed by atoms with Crippen LogP contribution in [-0.2, 0) is 19.1 Å². The quantitative estimate of drug-likeness (QED) is 0.890. The number of rotatable bonds is 5. The molecule has 0 atom stereocenters. The zero-order chi connectivity index (χ0) is 15.3. The molecule has 112 valence electrons. The minimum absolute atomic E-state index is 0.204. The minimum Gasteiger partial charge on any atom is -0.366 e. The van der Waals surface area contributed by atoms with Crippen LogP contribution in [-0.4, -0.2) is 11.5 Å². The van der Waals surface area contributed by atoms with Gasteiger partial charge in [-0.2, -0.15) is 13.2 Å². The van der Waals surface area contributed by atoms with Gasteiger partial charge in [-0.3, -0.25) is 0 Å². The number of hydrogen-bond donors (Lipinski definition) is 2. The maximum Gasteiger partial charge on any atom is 0.416 e. The van der Waals surface area contributed by atoms with Gasteiger partial charge in [0.05, 0.1) is 5.56 Å². The monoisotopic (exact) mass is 295 g/mol. The maximum absolute atomic E-state index is 12.6. The highest BCUT2D eigenvalue weighted by Crippen LogP contribution is 2.29. The fourth-order valence-electron chi connectivity index (χ4n) is 1.89. The van der Waals surface area contributed by atoms with Crippen molar-refractivity contribution in [3.63, 3.8) is 0 Å². The SMILES string of the molecule is NCCc1ccc(CNc2cc(C(F)(F)F)ccn2)cc1. The Balaban J connectivity index is 1.99. The third kappa shape index (κ3) is 4.46. The number of nitrogens with one attached hydrogen (secondary N) is 1. The molecule has 0 saturated heterocycles. The van der Waals surface area contributed by atoms with Gasteiger partial charge in [-0.25, -0.2) is 4.98 Å². The van der Waals surface area contributed by atoms with Crippen molar-refractivity contribution < 1.29 is 13.2 Å². The Labute approximate surface area is 121 Å². The summed E-state index contributed by atoms with van der Waals surface area (Å²) in [5.41, 5.74) is 6.87. The van der Waals surface area contributed by atoms with E-state index >= 15 is 0 Å². The van der Waals surface area contributed by atoms with E-state index in [2.05, 4.69) is 10.3 Å². The zero-order valence-electron chi connectivity index (χ0n) is 11.3. The van der Waals surface area contributed by atoms with E-state index in [4.69, 9.17) is 5.73 Å². The van der Waals surface area contributed by atoms with Gasteiger partial charge in [0.2, 0.25) is 0 Å². The van der Waals surface area contributed by atoms with E-state index in [9.17, 15) is 13.2 Å². The summed E-state index contributed by atoms with van der Waals surface area (Å²) in [6.07, 6.45) is -2.40. The van der Waals surface area contributed by atoms with Crippen LogP contribution in [0.25, 0.3) is 0 Å². The van der Waals surface area contributed by atoms with Crippen LogP contribution in [0.5, 0.6) is 0 Å². The molecule has 6 heteroatoms. The van der Waals surface area contributed by atoms with Gasteiger partial charge in [0, 0.05) is 12.7 Å². The van der Waals surface area contributed by atoms with Crippen LogP contribution in [0.3, 0.4) is 0 Å². The Kier molecular flexibility index (Phi) is 4.80. The number of hydrogen-bond acceptors (Lipinski definition) is 3. The van der Waals surface area contributed by atoms with Crippen molar-refractivity contribution in [2.24, 2.45) is 5.73 Å². The average Bonchev–Trinajstić information content (AvgIpc) is 2.46. The van der Waals surface area contributed by atoms with Crippen LogP contribution in [0.4, 0.5) is 19.0 Å². The van der Waals surface area contributed by atoms with Crippen LogP contribution < -0.4 is 11.1 Å². The Morgan fingerprint density at radius 1 is 1.05 bits per heavy atom. The second-order valence-corrected chi connectivity index (χ2v) is 4.64. The number of nitrogens with zero attached hydrogens (tertiary/aromatic N) is 1. The third-order valence-electron chi connectivity index (χ3n) is 3.02. The predicted octanol–water partition coefficient (Wildman–Crippen LogP) is 3.21. The second kappa shape index (κ2) is 6.58. The molecule has 0 saturated carbocycles. The van der Waals surface area contributed by atoms with Gasteiger partial charge in [-0.1, -0.05) is 24.3 Å². The fourth-order valence-corrected chi connectivity index (χ4v) is 1.89. The summed E-state index contributed by atoms with van der Waals surface area (Å²) in [5.74, 6) is 0.204. The van der Waals surface area contributed by atoms with E-state index in [0.717, 1.165) is 35.9 Å². The van der Waals surface area contributed by atoms with Gasteiger partial charge in [0.25, 0.3) is 0 Å². The van der Waals surface area contributed by atoms with Gasteiger partial charge in [0.1, 0.15) is 5.82 Å². The predicted molar refractivity (Wildman–Crippen MR) is 75.8 cm³/mol. The lowest BCUT2D eigenvalue weighted by Crippen LogP contribution is -2.08. The first-order chi connectivity index (χ1) is 9.99. The van der Waals surface area contributed by atoms with Gasteiger partial charge < -0.3 is 11.1 Å². The Morgan fingerprint density at radius 2 is 1.71 bits per heavy atom. The molecule has 2 aromatic rings. The number of halogens is 3. The summed E-state index contributed by atoms with van der Waals surface area (Å²) in [6, 6.07) is 9.72. The molecule has 3 nitrogen and oxygen atoms in total. The first kappa shape index (κ1) is 15.3. The molecular weight excluding hydrogens is 279 g/mol. The summed E-state index contributed by atoms with van der Waals surface area (Å²) in [6.45, 7) is 1.00. The number of anilines is 1. The normalized spacial score (nSPS) is 11.4. The Hall–Kier alpha value is -2.08. The Bertz CT molecular complexity index is 579. The van der Waals surface area contributed by atoms with E-state index in [1.807, 2.05) is 24.3 Å². The van der Waals surface area contributed by atoms with Gasteiger partial charge in [0.15, 0.2) is 0 Å². The molecule has 3 N–H and O–H groups in total. The van der Waals surface area contributed by atoms with Crippen LogP contribution in [0, 0.1) is 0 Å². The third-order valence-corrected chi connectivity index (χ3v) is 3.02. The molecule has 0 aliphatic heterocycles. The lowest BCUT2D eigenvalue weighted by atomic mass is 10.1. The van der Waals surface area contributed by atoms with Crippen molar-refractivity contribution in [1.82, 2.24) is 4.98 Å². The van der Waals surface area contributed by atoms with E-state index in [-0.39, 0.29) is 5.82 Å². The van der Waals surface area contributed by atoms with Crippen molar-refractivity contribution in [2.45, 2.75) is 19.1 Å². The highest BCUT2D eigenvalue weighted by molar-refractivity contribution is 5.39. The lowest BCUT2D eigenvalue weighted by Gasteiger charge is -2.10. The molecule has 0 fully saturated rings. The lowest BCUT2D eigenvalue weighted by molar-refractivity contribution is -0.137. The molecule has 0 radical (unpaired) electrons. The minimum atomic E-state index is -4.36. The van der Waals surface area contributed by atoms with Crippen LogP contribution in [0.1, 0.15) is 16.7 Å². The molecule has 21 heavy (non-hydrogen) atoms. The number of benzene rings is 1. The molecule has 1 heterocycles. The van der Waals surface area contributed by atoms with Gasteiger partial charge >= 0.3 is 6.18 Å². The molecule has 1 aromatic heterocycles. The topological polar surface area (TPSA) is 50.9 Å². The average molecular weight is 295 g/mol.